The van der Waals surface area contributed by atoms with Gasteiger partial charge in [0.15, 0.2) is 5.78 Å². The van der Waals surface area contributed by atoms with Crippen molar-refractivity contribution < 1.29 is 11.0 Å². The number of carbonyl (C=O) groups is 2. The fourth-order valence-corrected chi connectivity index (χ4v) is 6.16. The Bertz CT molecular complexity index is 580. The summed E-state index contributed by atoms with van der Waals surface area (Å²) in [5.74, 6) is 2.21. The van der Waals surface area contributed by atoms with Crippen LogP contribution in [0.25, 0.3) is 0 Å². The van der Waals surface area contributed by atoms with Crippen LogP contribution in [0, 0.1) is 28.6 Å². The van der Waals surface area contributed by atoms with Crippen molar-refractivity contribution in [2.45, 2.75) is 65.2 Å². The third-order valence-corrected chi connectivity index (χ3v) is 7.49. The monoisotopic (exact) mass is 287 g/mol. The fraction of sp³-hybridized carbons (Fsp3) is 0.789. The van der Waals surface area contributed by atoms with Gasteiger partial charge in [0.25, 0.3) is 0 Å². The Morgan fingerprint density at radius 2 is 1.81 bits per heavy atom. The van der Waals surface area contributed by atoms with Crippen LogP contribution in [-0.4, -0.2) is 11.6 Å². The quantitative estimate of drug-likeness (QED) is 0.672. The highest BCUT2D eigenvalue weighted by Crippen LogP contribution is 2.64. The van der Waals surface area contributed by atoms with Crippen LogP contribution in [0.15, 0.2) is 11.6 Å². The first kappa shape index (κ1) is 12.6. The van der Waals surface area contributed by atoms with Crippen LogP contribution >= 0.6 is 0 Å². The number of ketones is 2. The van der Waals surface area contributed by atoms with Crippen molar-refractivity contribution in [2.24, 2.45) is 28.6 Å². The van der Waals surface area contributed by atoms with E-state index in [2.05, 4.69) is 13.8 Å². The molecule has 0 bridgehead atoms. The van der Waals surface area contributed by atoms with Crippen molar-refractivity contribution >= 4 is 11.6 Å². The molecule has 0 spiro atoms. The largest absolute Gasteiger partial charge is 0.299 e. The van der Waals surface area contributed by atoms with Gasteiger partial charge in [-0.3, -0.25) is 9.59 Å². The zero-order chi connectivity index (χ0) is 15.7. The molecule has 3 fully saturated rings. The van der Waals surface area contributed by atoms with Gasteiger partial charge in [0.05, 0.1) is 0 Å². The third-order valence-electron chi connectivity index (χ3n) is 7.49. The molecule has 0 aliphatic heterocycles. The summed E-state index contributed by atoms with van der Waals surface area (Å²) in [4.78, 5) is 24.3. The molecule has 0 radical (unpaired) electrons. The van der Waals surface area contributed by atoms with E-state index in [0.717, 1.165) is 38.5 Å². The van der Waals surface area contributed by atoms with Gasteiger partial charge in [-0.05, 0) is 67.8 Å². The first-order valence-electron chi connectivity index (χ1n) is 9.14. The van der Waals surface area contributed by atoms with Gasteiger partial charge in [-0.25, -0.2) is 0 Å². The summed E-state index contributed by atoms with van der Waals surface area (Å²) in [6.45, 7) is 4.50. The van der Waals surface area contributed by atoms with Crippen molar-refractivity contribution in [1.29, 1.82) is 0 Å². The highest BCUT2D eigenvalue weighted by molar-refractivity contribution is 5.91. The van der Waals surface area contributed by atoms with Gasteiger partial charge >= 0.3 is 0 Å². The molecule has 0 heterocycles. The molecule has 0 N–H and O–H groups in total. The number of hydrogen-bond acceptors (Lipinski definition) is 2. The summed E-state index contributed by atoms with van der Waals surface area (Å²) in [5, 5.41) is 0. The molecule has 1 unspecified atom stereocenters. The predicted molar refractivity (Wildman–Crippen MR) is 81.7 cm³/mol. The number of Topliss-reactive ketones (excluding diaryl/α,β-unsaturated/α-hetero) is 1. The van der Waals surface area contributed by atoms with Crippen molar-refractivity contribution in [1.82, 2.24) is 0 Å². The van der Waals surface area contributed by atoms with E-state index < -0.39 is 6.40 Å². The predicted octanol–water partition coefficient (Wildman–Crippen LogP) is 4.09. The Morgan fingerprint density at radius 1 is 1.05 bits per heavy atom. The number of fused-ring (bicyclic) bond motifs is 5. The van der Waals surface area contributed by atoms with E-state index in [0.29, 0.717) is 30.0 Å². The Labute approximate surface area is 128 Å². The molecule has 0 saturated heterocycles. The van der Waals surface area contributed by atoms with E-state index in [4.69, 9.17) is 1.37 Å². The second-order valence-corrected chi connectivity index (χ2v) is 8.23. The lowest BCUT2D eigenvalue weighted by atomic mass is 9.47. The minimum absolute atomic E-state index is 0.00242. The van der Waals surface area contributed by atoms with Crippen molar-refractivity contribution in [3.63, 3.8) is 0 Å². The van der Waals surface area contributed by atoms with E-state index in [1.165, 1.54) is 5.57 Å². The van der Waals surface area contributed by atoms with Gasteiger partial charge < -0.3 is 0 Å². The van der Waals surface area contributed by atoms with Crippen LogP contribution in [0.3, 0.4) is 0 Å². The van der Waals surface area contributed by atoms with E-state index in [-0.39, 0.29) is 16.6 Å². The topological polar surface area (TPSA) is 34.1 Å². The lowest BCUT2D eigenvalue weighted by Crippen LogP contribution is -2.50. The van der Waals surface area contributed by atoms with Crippen LogP contribution in [0.4, 0.5) is 0 Å². The number of allylic oxidation sites excluding steroid dienone is 1. The smallest absolute Gasteiger partial charge is 0.155 e. The molecule has 4 aliphatic rings. The van der Waals surface area contributed by atoms with E-state index in [1.54, 1.807) is 6.08 Å². The number of carbonyl (C=O) groups excluding carboxylic acids is 2. The Kier molecular flexibility index (Phi) is 2.58. The molecule has 0 aromatic rings. The van der Waals surface area contributed by atoms with Crippen LogP contribution in [0.5, 0.6) is 0 Å². The maximum atomic E-state index is 12.4. The normalized spacial score (nSPS) is 53.4. The highest BCUT2D eigenvalue weighted by atomic mass is 16.1. The van der Waals surface area contributed by atoms with Gasteiger partial charge in [0.1, 0.15) is 5.78 Å². The maximum Gasteiger partial charge on any atom is 0.155 e. The van der Waals surface area contributed by atoms with Crippen LogP contribution in [0.1, 0.15) is 66.6 Å². The highest BCUT2D eigenvalue weighted by Gasteiger charge is 2.58. The maximum absolute atomic E-state index is 12.4. The van der Waals surface area contributed by atoms with Gasteiger partial charge in [-0.2, -0.15) is 0 Å². The van der Waals surface area contributed by atoms with Crippen molar-refractivity contribution in [3.8, 4) is 0 Å². The van der Waals surface area contributed by atoms with Gasteiger partial charge in [0.2, 0.25) is 0 Å². The number of hydrogen-bond donors (Lipinski definition) is 0. The molecule has 3 saturated carbocycles. The van der Waals surface area contributed by atoms with Crippen molar-refractivity contribution in [2.75, 3.05) is 0 Å². The van der Waals surface area contributed by atoms with Crippen LogP contribution < -0.4 is 0 Å². The fourth-order valence-electron chi connectivity index (χ4n) is 6.16. The lowest BCUT2D eigenvalue weighted by Gasteiger charge is -2.56. The standard InChI is InChI=1S/C19H26O2/c1-18-9-7-13(20)11-12(18)3-4-14-15-5-6-17(21)19(15,2)10-8-16(14)18/h11,14-16H,3-10H2,1-2H3/t14-,15-,16-,18-,19-/m0/s1/i7D/t7?,14-,15-,16-,18-,19-. The second kappa shape index (κ2) is 4.30. The molecule has 6 atom stereocenters. The van der Waals surface area contributed by atoms with E-state index >= 15 is 0 Å². The van der Waals surface area contributed by atoms with Gasteiger partial charge in [0, 0.05) is 19.6 Å². The minimum atomic E-state index is -0.578. The summed E-state index contributed by atoms with van der Waals surface area (Å²) in [6.07, 6.45) is 7.98. The van der Waals surface area contributed by atoms with E-state index in [1.807, 2.05) is 0 Å². The molecular weight excluding hydrogens is 260 g/mol. The zero-order valence-corrected chi connectivity index (χ0v) is 13.2. The molecule has 0 amide bonds. The summed E-state index contributed by atoms with van der Waals surface area (Å²) < 4.78 is 8.10. The molecule has 2 nitrogen and oxygen atoms in total. The van der Waals surface area contributed by atoms with Crippen LogP contribution in [-0.2, 0) is 9.59 Å². The Morgan fingerprint density at radius 3 is 2.62 bits per heavy atom. The first-order chi connectivity index (χ1) is 10.4. The zero-order valence-electron chi connectivity index (χ0n) is 14.2. The molecule has 0 aromatic heterocycles. The third kappa shape index (κ3) is 1.71. The lowest BCUT2D eigenvalue weighted by molar-refractivity contribution is -0.132. The average Bonchev–Trinajstić information content (AvgIpc) is 2.77. The molecule has 21 heavy (non-hydrogen) atoms. The molecule has 2 heteroatoms. The first-order valence-corrected chi connectivity index (χ1v) is 8.57. The second-order valence-electron chi connectivity index (χ2n) is 8.23. The van der Waals surface area contributed by atoms with Crippen molar-refractivity contribution in [3.05, 3.63) is 11.6 Å². The molecular formula is C19H26O2. The molecule has 4 rings (SSSR count). The molecule has 4 aliphatic carbocycles. The van der Waals surface area contributed by atoms with Gasteiger partial charge in [-0.1, -0.05) is 19.4 Å². The summed E-state index contributed by atoms with van der Waals surface area (Å²) in [6, 6.07) is 0. The van der Waals surface area contributed by atoms with E-state index in [9.17, 15) is 9.59 Å². The average molecular weight is 287 g/mol. The summed E-state index contributed by atoms with van der Waals surface area (Å²) >= 11 is 0. The van der Waals surface area contributed by atoms with Gasteiger partial charge in [-0.15, -0.1) is 0 Å². The summed E-state index contributed by atoms with van der Waals surface area (Å²) in [5.41, 5.74) is 1.25. The molecule has 114 valence electrons. The minimum Gasteiger partial charge on any atom is -0.299 e. The molecule has 0 aromatic carbocycles. The summed E-state index contributed by atoms with van der Waals surface area (Å²) in [7, 11) is 0. The Balaban J connectivity index is 1.71. The van der Waals surface area contributed by atoms with Crippen LogP contribution in [0.2, 0.25) is 0 Å². The Hall–Kier alpha value is -0.920. The number of rotatable bonds is 0. The SMILES string of the molecule is [2H]C1C[C@@]2(C)C(=CC1=O)CC[C@@H]1[C@@H]2CC[C@]2(C)C(=O)CC[C@@H]12.